The number of carbonyl (C=O) groups excluding carboxylic acids is 1. The third-order valence-electron chi connectivity index (χ3n) is 3.30. The van der Waals surface area contributed by atoms with Gasteiger partial charge in [-0.3, -0.25) is 9.59 Å². The van der Waals surface area contributed by atoms with Crippen LogP contribution in [0.4, 0.5) is 0 Å². The Morgan fingerprint density at radius 2 is 1.92 bits per heavy atom. The lowest BCUT2D eigenvalue weighted by Gasteiger charge is -2.12. The van der Waals surface area contributed by atoms with Crippen molar-refractivity contribution in [3.63, 3.8) is 0 Å². The van der Waals surface area contributed by atoms with E-state index in [9.17, 15) is 9.59 Å². The smallest absolute Gasteiger partial charge is 0.325 e. The van der Waals surface area contributed by atoms with Crippen molar-refractivity contribution in [1.82, 2.24) is 20.3 Å². The number of carboxylic acids is 1. The van der Waals surface area contributed by atoms with Crippen LogP contribution in [0.15, 0.2) is 18.3 Å². The minimum absolute atomic E-state index is 0.103. The Bertz CT molecular complexity index is 731. The number of aryl methyl sites for hydroxylation is 3. The minimum Gasteiger partial charge on any atom is -0.483 e. The molecule has 0 unspecified atom stereocenters. The first-order chi connectivity index (χ1) is 11.3. The van der Waals surface area contributed by atoms with Crippen LogP contribution in [0.5, 0.6) is 5.75 Å². The largest absolute Gasteiger partial charge is 0.483 e. The molecule has 2 rings (SSSR count). The second-order valence-corrected chi connectivity index (χ2v) is 5.59. The molecule has 1 aromatic heterocycles. The summed E-state index contributed by atoms with van der Waals surface area (Å²) in [6, 6.07) is 4.00. The van der Waals surface area contributed by atoms with Crippen molar-refractivity contribution in [3.05, 3.63) is 40.7 Å². The number of nitrogens with one attached hydrogen (secondary N) is 1. The molecule has 0 aliphatic rings. The molecule has 24 heavy (non-hydrogen) atoms. The SMILES string of the molecule is Cc1cc(C)c(OCC(=O)NCc2cn(CC(=O)O)nn2)c(C)c1. The summed E-state index contributed by atoms with van der Waals surface area (Å²) >= 11 is 0. The van der Waals surface area contributed by atoms with Crippen LogP contribution in [0, 0.1) is 20.8 Å². The number of carboxylic acid groups (broad SMARTS) is 1. The van der Waals surface area contributed by atoms with Gasteiger partial charge in [0.05, 0.1) is 12.7 Å². The number of carbonyl (C=O) groups is 2. The predicted molar refractivity (Wildman–Crippen MR) is 85.7 cm³/mol. The standard InChI is InChI=1S/C16H20N4O4/c1-10-4-11(2)16(12(3)5-10)24-9-14(21)17-6-13-7-20(19-18-13)8-15(22)23/h4-5,7H,6,8-9H2,1-3H3,(H,17,21)(H,22,23). The summed E-state index contributed by atoms with van der Waals surface area (Å²) in [5, 5.41) is 18.8. The molecular formula is C16H20N4O4. The van der Waals surface area contributed by atoms with Gasteiger partial charge in [0.25, 0.3) is 5.91 Å². The number of aromatic nitrogens is 3. The number of nitrogens with zero attached hydrogens (tertiary/aromatic N) is 3. The molecule has 0 saturated heterocycles. The lowest BCUT2D eigenvalue weighted by atomic mass is 10.1. The monoisotopic (exact) mass is 332 g/mol. The predicted octanol–water partition coefficient (Wildman–Crippen LogP) is 0.983. The van der Waals surface area contributed by atoms with E-state index >= 15 is 0 Å². The van der Waals surface area contributed by atoms with Crippen LogP contribution < -0.4 is 10.1 Å². The lowest BCUT2D eigenvalue weighted by Crippen LogP contribution is -2.28. The summed E-state index contributed by atoms with van der Waals surface area (Å²) in [4.78, 5) is 22.4. The first kappa shape index (κ1) is 17.5. The molecule has 1 heterocycles. The Kier molecular flexibility index (Phi) is 5.51. The number of amides is 1. The van der Waals surface area contributed by atoms with Crippen LogP contribution in [0.2, 0.25) is 0 Å². The van der Waals surface area contributed by atoms with E-state index in [2.05, 4.69) is 15.6 Å². The molecule has 2 aromatic rings. The van der Waals surface area contributed by atoms with E-state index in [0.717, 1.165) is 16.7 Å². The average Bonchev–Trinajstić information content (AvgIpc) is 2.90. The number of aliphatic carboxylic acids is 1. The van der Waals surface area contributed by atoms with E-state index in [1.807, 2.05) is 32.9 Å². The maximum absolute atomic E-state index is 11.9. The van der Waals surface area contributed by atoms with Gasteiger partial charge in [0.2, 0.25) is 0 Å². The summed E-state index contributed by atoms with van der Waals surface area (Å²) in [5.41, 5.74) is 3.59. The summed E-state index contributed by atoms with van der Waals surface area (Å²) in [6.45, 7) is 5.67. The lowest BCUT2D eigenvalue weighted by molar-refractivity contribution is -0.138. The molecule has 128 valence electrons. The minimum atomic E-state index is -1.01. The first-order valence-corrected chi connectivity index (χ1v) is 7.43. The van der Waals surface area contributed by atoms with Crippen LogP contribution in [0.1, 0.15) is 22.4 Å². The zero-order valence-corrected chi connectivity index (χ0v) is 13.9. The van der Waals surface area contributed by atoms with Gasteiger partial charge in [-0.25, -0.2) is 4.68 Å². The molecule has 0 bridgehead atoms. The van der Waals surface area contributed by atoms with E-state index in [1.54, 1.807) is 0 Å². The maximum Gasteiger partial charge on any atom is 0.325 e. The molecule has 0 aliphatic heterocycles. The molecule has 0 saturated carbocycles. The zero-order valence-electron chi connectivity index (χ0n) is 13.9. The van der Waals surface area contributed by atoms with Crippen molar-refractivity contribution < 1.29 is 19.4 Å². The van der Waals surface area contributed by atoms with E-state index < -0.39 is 5.97 Å². The van der Waals surface area contributed by atoms with E-state index in [1.165, 1.54) is 10.9 Å². The molecule has 2 N–H and O–H groups in total. The Morgan fingerprint density at radius 1 is 1.25 bits per heavy atom. The molecule has 0 atom stereocenters. The third kappa shape index (κ3) is 4.80. The summed E-state index contributed by atoms with van der Waals surface area (Å²) < 4.78 is 6.79. The first-order valence-electron chi connectivity index (χ1n) is 7.43. The normalized spacial score (nSPS) is 10.5. The fourth-order valence-electron chi connectivity index (χ4n) is 2.41. The van der Waals surface area contributed by atoms with Gasteiger partial charge in [0.15, 0.2) is 6.61 Å². The number of rotatable bonds is 7. The van der Waals surface area contributed by atoms with Crippen molar-refractivity contribution in [2.24, 2.45) is 0 Å². The van der Waals surface area contributed by atoms with Crippen molar-refractivity contribution in [1.29, 1.82) is 0 Å². The van der Waals surface area contributed by atoms with Crippen LogP contribution in [-0.2, 0) is 22.7 Å². The highest BCUT2D eigenvalue weighted by atomic mass is 16.5. The van der Waals surface area contributed by atoms with Crippen molar-refractivity contribution in [2.45, 2.75) is 33.9 Å². The number of hydrogen-bond acceptors (Lipinski definition) is 5. The van der Waals surface area contributed by atoms with Gasteiger partial charge in [-0.1, -0.05) is 22.9 Å². The van der Waals surface area contributed by atoms with Crippen molar-refractivity contribution in [2.75, 3.05) is 6.61 Å². The topological polar surface area (TPSA) is 106 Å². The van der Waals surface area contributed by atoms with Crippen molar-refractivity contribution in [3.8, 4) is 5.75 Å². The van der Waals surface area contributed by atoms with Gasteiger partial charge in [-0.05, 0) is 31.9 Å². The fraction of sp³-hybridized carbons (Fsp3) is 0.375. The number of ether oxygens (including phenoxy) is 1. The molecule has 8 heteroatoms. The van der Waals surface area contributed by atoms with Crippen LogP contribution in [-0.4, -0.2) is 38.6 Å². The highest BCUT2D eigenvalue weighted by molar-refractivity contribution is 5.77. The maximum atomic E-state index is 11.9. The molecule has 1 amide bonds. The Balaban J connectivity index is 1.84. The molecule has 0 spiro atoms. The second-order valence-electron chi connectivity index (χ2n) is 5.59. The van der Waals surface area contributed by atoms with Crippen molar-refractivity contribution >= 4 is 11.9 Å². The molecule has 0 fully saturated rings. The second kappa shape index (κ2) is 7.58. The van der Waals surface area contributed by atoms with Gasteiger partial charge >= 0.3 is 5.97 Å². The Hall–Kier alpha value is -2.90. The third-order valence-corrected chi connectivity index (χ3v) is 3.30. The fourth-order valence-corrected chi connectivity index (χ4v) is 2.41. The van der Waals surface area contributed by atoms with Gasteiger partial charge in [0.1, 0.15) is 18.0 Å². The zero-order chi connectivity index (χ0) is 17.7. The Labute approximate surface area is 139 Å². The van der Waals surface area contributed by atoms with Gasteiger partial charge in [-0.2, -0.15) is 0 Å². The average molecular weight is 332 g/mol. The number of hydrogen-bond donors (Lipinski definition) is 2. The van der Waals surface area contributed by atoms with Crippen LogP contribution in [0.3, 0.4) is 0 Å². The van der Waals surface area contributed by atoms with Crippen LogP contribution in [0.25, 0.3) is 0 Å². The highest BCUT2D eigenvalue weighted by Gasteiger charge is 2.10. The quantitative estimate of drug-likeness (QED) is 0.783. The van der Waals surface area contributed by atoms with Gasteiger partial charge in [0, 0.05) is 0 Å². The number of benzene rings is 1. The van der Waals surface area contributed by atoms with E-state index in [-0.39, 0.29) is 25.6 Å². The molecule has 0 aliphatic carbocycles. The van der Waals surface area contributed by atoms with Gasteiger partial charge < -0.3 is 15.2 Å². The van der Waals surface area contributed by atoms with Crippen LogP contribution >= 0.6 is 0 Å². The van der Waals surface area contributed by atoms with E-state index in [0.29, 0.717) is 11.4 Å². The summed E-state index contributed by atoms with van der Waals surface area (Å²) in [6.07, 6.45) is 1.48. The Morgan fingerprint density at radius 3 is 2.54 bits per heavy atom. The molecule has 0 radical (unpaired) electrons. The van der Waals surface area contributed by atoms with Gasteiger partial charge in [-0.15, -0.1) is 5.10 Å². The molecule has 1 aromatic carbocycles. The molecular weight excluding hydrogens is 312 g/mol. The highest BCUT2D eigenvalue weighted by Crippen LogP contribution is 2.24. The summed E-state index contributed by atoms with van der Waals surface area (Å²) in [7, 11) is 0. The van der Waals surface area contributed by atoms with E-state index in [4.69, 9.17) is 9.84 Å². The molecule has 8 nitrogen and oxygen atoms in total. The summed E-state index contributed by atoms with van der Waals surface area (Å²) in [5.74, 6) is -0.585.